The second kappa shape index (κ2) is 5.70. The number of carbonyl (C=O) groups excluding carboxylic acids is 2. The van der Waals surface area contributed by atoms with Gasteiger partial charge in [0.05, 0.1) is 0 Å². The summed E-state index contributed by atoms with van der Waals surface area (Å²) >= 11 is 0. The van der Waals surface area contributed by atoms with Crippen molar-refractivity contribution in [3.63, 3.8) is 0 Å². The van der Waals surface area contributed by atoms with Crippen molar-refractivity contribution >= 4 is 12.1 Å². The van der Waals surface area contributed by atoms with E-state index in [4.69, 9.17) is 9.47 Å². The molecule has 1 atom stereocenters. The van der Waals surface area contributed by atoms with Crippen LogP contribution < -0.4 is 5.32 Å². The van der Waals surface area contributed by atoms with E-state index in [1.165, 1.54) is 0 Å². The smallest absolute Gasteiger partial charge is 0.408 e. The average Bonchev–Trinajstić information content (AvgIpc) is 2.64. The van der Waals surface area contributed by atoms with E-state index in [1.807, 2.05) is 12.2 Å². The molecule has 0 bridgehead atoms. The standard InChI is InChI=1S/C12H19NO4/c1-12(2,3)17-11(15)13-8-10(14)16-9-6-4-5-7-9/h4,6,9H,5,7-8H2,1-3H3,(H,13,15). The number of hydrogen-bond donors (Lipinski definition) is 1. The van der Waals surface area contributed by atoms with Crippen LogP contribution in [0.5, 0.6) is 0 Å². The summed E-state index contributed by atoms with van der Waals surface area (Å²) in [6.07, 6.45) is 4.81. The second-order valence-corrected chi connectivity index (χ2v) is 4.89. The molecule has 1 N–H and O–H groups in total. The topological polar surface area (TPSA) is 64.6 Å². The fourth-order valence-corrected chi connectivity index (χ4v) is 1.37. The minimum atomic E-state index is -0.614. The van der Waals surface area contributed by atoms with Gasteiger partial charge in [0.2, 0.25) is 0 Å². The zero-order chi connectivity index (χ0) is 12.9. The van der Waals surface area contributed by atoms with Crippen LogP contribution >= 0.6 is 0 Å². The molecular weight excluding hydrogens is 222 g/mol. The zero-order valence-corrected chi connectivity index (χ0v) is 10.5. The van der Waals surface area contributed by atoms with Gasteiger partial charge in [-0.3, -0.25) is 4.79 Å². The maximum absolute atomic E-state index is 11.3. The highest BCUT2D eigenvalue weighted by Crippen LogP contribution is 2.12. The highest BCUT2D eigenvalue weighted by Gasteiger charge is 2.18. The Bertz CT molecular complexity index is 317. The maximum atomic E-state index is 11.3. The summed E-state index contributed by atoms with van der Waals surface area (Å²) in [6, 6.07) is 0. The van der Waals surface area contributed by atoms with E-state index in [0.717, 1.165) is 12.8 Å². The summed E-state index contributed by atoms with van der Waals surface area (Å²) < 4.78 is 10.1. The molecule has 0 aromatic carbocycles. The molecule has 0 fully saturated rings. The lowest BCUT2D eigenvalue weighted by molar-refractivity contribution is -0.145. The van der Waals surface area contributed by atoms with Gasteiger partial charge in [-0.25, -0.2) is 4.79 Å². The van der Waals surface area contributed by atoms with E-state index in [2.05, 4.69) is 5.32 Å². The first kappa shape index (κ1) is 13.5. The van der Waals surface area contributed by atoms with Crippen LogP contribution in [0.15, 0.2) is 12.2 Å². The van der Waals surface area contributed by atoms with Crippen LogP contribution in [0.3, 0.4) is 0 Å². The third-order valence-electron chi connectivity index (χ3n) is 2.03. The molecule has 0 radical (unpaired) electrons. The van der Waals surface area contributed by atoms with Gasteiger partial charge in [0.15, 0.2) is 0 Å². The third-order valence-corrected chi connectivity index (χ3v) is 2.03. The molecule has 96 valence electrons. The van der Waals surface area contributed by atoms with E-state index in [9.17, 15) is 9.59 Å². The van der Waals surface area contributed by atoms with Crippen molar-refractivity contribution in [2.24, 2.45) is 0 Å². The molecule has 0 spiro atoms. The number of rotatable bonds is 3. The van der Waals surface area contributed by atoms with Crippen molar-refractivity contribution in [1.29, 1.82) is 0 Å². The van der Waals surface area contributed by atoms with Crippen molar-refractivity contribution in [1.82, 2.24) is 5.32 Å². The number of esters is 1. The summed E-state index contributed by atoms with van der Waals surface area (Å²) in [5.41, 5.74) is -0.567. The molecule has 0 aromatic rings. The maximum Gasteiger partial charge on any atom is 0.408 e. The Morgan fingerprint density at radius 3 is 2.65 bits per heavy atom. The first-order chi connectivity index (χ1) is 7.87. The molecule has 0 saturated heterocycles. The van der Waals surface area contributed by atoms with Gasteiger partial charge in [-0.15, -0.1) is 0 Å². The van der Waals surface area contributed by atoms with E-state index < -0.39 is 17.7 Å². The lowest BCUT2D eigenvalue weighted by Gasteiger charge is -2.19. The quantitative estimate of drug-likeness (QED) is 0.604. The van der Waals surface area contributed by atoms with E-state index in [-0.39, 0.29) is 12.6 Å². The largest absolute Gasteiger partial charge is 0.457 e. The fourth-order valence-electron chi connectivity index (χ4n) is 1.37. The Balaban J connectivity index is 2.19. The lowest BCUT2D eigenvalue weighted by Crippen LogP contribution is -2.36. The van der Waals surface area contributed by atoms with Gasteiger partial charge in [0, 0.05) is 0 Å². The van der Waals surface area contributed by atoms with E-state index >= 15 is 0 Å². The molecule has 0 aromatic heterocycles. The zero-order valence-electron chi connectivity index (χ0n) is 10.5. The predicted molar refractivity (Wildman–Crippen MR) is 62.5 cm³/mol. The van der Waals surface area contributed by atoms with Crippen molar-refractivity contribution in [3.05, 3.63) is 12.2 Å². The number of carbonyl (C=O) groups is 2. The van der Waals surface area contributed by atoms with Gasteiger partial charge >= 0.3 is 12.1 Å². The van der Waals surface area contributed by atoms with Crippen molar-refractivity contribution in [2.45, 2.75) is 45.3 Å². The number of ether oxygens (including phenoxy) is 2. The normalized spacial score (nSPS) is 18.9. The van der Waals surface area contributed by atoms with Gasteiger partial charge in [0.25, 0.3) is 0 Å². The van der Waals surface area contributed by atoms with Crippen molar-refractivity contribution < 1.29 is 19.1 Å². The molecule has 1 amide bonds. The molecule has 5 heteroatoms. The molecule has 5 nitrogen and oxygen atoms in total. The summed E-state index contributed by atoms with van der Waals surface area (Å²) in [6.45, 7) is 5.11. The summed E-state index contributed by atoms with van der Waals surface area (Å²) in [4.78, 5) is 22.6. The number of amides is 1. The minimum Gasteiger partial charge on any atom is -0.457 e. The minimum absolute atomic E-state index is 0.150. The van der Waals surface area contributed by atoms with Gasteiger partial charge in [-0.05, 0) is 39.7 Å². The summed E-state index contributed by atoms with van der Waals surface area (Å²) in [5, 5.41) is 2.35. The Labute approximate surface area is 101 Å². The van der Waals surface area contributed by atoms with Crippen LogP contribution in [0, 0.1) is 0 Å². The fraction of sp³-hybridized carbons (Fsp3) is 0.667. The van der Waals surface area contributed by atoms with Gasteiger partial charge in [-0.1, -0.05) is 6.08 Å². The van der Waals surface area contributed by atoms with Crippen LogP contribution in [0.2, 0.25) is 0 Å². The Hall–Kier alpha value is -1.52. The van der Waals surface area contributed by atoms with Crippen LogP contribution in [0.4, 0.5) is 4.79 Å². The highest BCUT2D eigenvalue weighted by atomic mass is 16.6. The average molecular weight is 241 g/mol. The molecule has 1 rings (SSSR count). The monoisotopic (exact) mass is 241 g/mol. The number of hydrogen-bond acceptors (Lipinski definition) is 4. The molecule has 1 aliphatic carbocycles. The van der Waals surface area contributed by atoms with Gasteiger partial charge < -0.3 is 14.8 Å². The SMILES string of the molecule is CC(C)(C)OC(=O)NCC(=O)OC1C=CCC1. The summed E-state index contributed by atoms with van der Waals surface area (Å²) in [5.74, 6) is -0.451. The van der Waals surface area contributed by atoms with Gasteiger partial charge in [0.1, 0.15) is 18.2 Å². The number of allylic oxidation sites excluding steroid dienone is 1. The molecule has 0 saturated carbocycles. The Morgan fingerprint density at radius 1 is 1.41 bits per heavy atom. The second-order valence-electron chi connectivity index (χ2n) is 4.89. The first-order valence-electron chi connectivity index (χ1n) is 5.70. The molecule has 17 heavy (non-hydrogen) atoms. The van der Waals surface area contributed by atoms with Crippen molar-refractivity contribution in [3.8, 4) is 0 Å². The Kier molecular flexibility index (Phi) is 4.54. The van der Waals surface area contributed by atoms with Crippen LogP contribution in [0.1, 0.15) is 33.6 Å². The van der Waals surface area contributed by atoms with E-state index in [1.54, 1.807) is 20.8 Å². The summed E-state index contributed by atoms with van der Waals surface area (Å²) in [7, 11) is 0. The first-order valence-corrected chi connectivity index (χ1v) is 5.70. The van der Waals surface area contributed by atoms with Gasteiger partial charge in [-0.2, -0.15) is 0 Å². The molecule has 1 aliphatic rings. The lowest BCUT2D eigenvalue weighted by atomic mass is 10.2. The highest BCUT2D eigenvalue weighted by molar-refractivity contribution is 5.78. The molecular formula is C12H19NO4. The predicted octanol–water partition coefficient (Wildman–Crippen LogP) is 1.77. The van der Waals surface area contributed by atoms with Crippen LogP contribution in [-0.4, -0.2) is 30.3 Å². The van der Waals surface area contributed by atoms with Crippen molar-refractivity contribution in [2.75, 3.05) is 6.54 Å². The Morgan fingerprint density at radius 2 is 2.12 bits per heavy atom. The number of alkyl carbamates (subject to hydrolysis) is 1. The molecule has 0 aliphatic heterocycles. The van der Waals surface area contributed by atoms with Crippen LogP contribution in [0.25, 0.3) is 0 Å². The molecule has 0 heterocycles. The van der Waals surface area contributed by atoms with E-state index in [0.29, 0.717) is 0 Å². The molecule has 1 unspecified atom stereocenters. The third kappa shape index (κ3) is 5.94. The number of nitrogens with one attached hydrogen (secondary N) is 1. The van der Waals surface area contributed by atoms with Crippen LogP contribution in [-0.2, 0) is 14.3 Å².